The summed E-state index contributed by atoms with van der Waals surface area (Å²) in [5, 5.41) is 22.1. The number of H-pyrrole nitrogens is 6. The fourth-order valence-electron chi connectivity index (χ4n) is 16.3. The molecule has 398 valence electrons. The normalized spacial score (nSPS) is 26.4. The summed E-state index contributed by atoms with van der Waals surface area (Å²) < 4.78 is 2.32. The number of aromatic amines is 6. The molecule has 0 atom stereocenters. The molecule has 9 aromatic rings. The van der Waals surface area contributed by atoms with Crippen LogP contribution >= 0.6 is 34.0 Å². The molecule has 9 aromatic heterocycles. The van der Waals surface area contributed by atoms with E-state index in [1.165, 1.54) is 119 Å². The second-order valence-corrected chi connectivity index (χ2v) is 27.7. The van der Waals surface area contributed by atoms with E-state index in [1.54, 1.807) is 34.0 Å². The molecule has 4 bridgehead atoms. The highest BCUT2D eigenvalue weighted by Gasteiger charge is 2.55. The van der Waals surface area contributed by atoms with Crippen molar-refractivity contribution < 1.29 is 0 Å². The lowest BCUT2D eigenvalue weighted by atomic mass is 9.75. The molecule has 0 radical (unpaired) electrons. The van der Waals surface area contributed by atoms with E-state index >= 15 is 0 Å². The van der Waals surface area contributed by atoms with Crippen molar-refractivity contribution in [2.45, 2.75) is 178 Å². The summed E-state index contributed by atoms with van der Waals surface area (Å²) in [6, 6.07) is 0. The standard InChI is InChI=1S/2C20H22N4OS.C19H22N4OS/c2*1-20(10-5-6-11(20)8-7-10)19-22-15-12-3-2-4-14-13(9-21-24-14)16(12)26-17(15)18(25)23-19;1-19(8-3-2-4-9-19)18-21-14-11-6-5-7-13-12(10-20-23-13)15(11)25-16(14)17(24)22-18/h2*9-11H,2-8H2,1H3,(H,21,24)(H,22,23,25);10H,2-9H2,1H3,(H,20,23)(H,21,22,24). The van der Waals surface area contributed by atoms with Crippen LogP contribution in [0.25, 0.3) is 62.0 Å². The van der Waals surface area contributed by atoms with Gasteiger partial charge in [-0.25, -0.2) is 15.0 Å². The van der Waals surface area contributed by atoms with Crippen LogP contribution in [0.1, 0.15) is 175 Å². The first-order valence-electron chi connectivity index (χ1n) is 28.7. The van der Waals surface area contributed by atoms with Crippen molar-refractivity contribution in [3.8, 4) is 31.3 Å². The Labute approximate surface area is 456 Å². The van der Waals surface area contributed by atoms with E-state index in [1.807, 2.05) is 18.6 Å². The average molecular weight is 1090 g/mol. The second kappa shape index (κ2) is 18.1. The van der Waals surface area contributed by atoms with Gasteiger partial charge in [-0.3, -0.25) is 29.7 Å². The monoisotopic (exact) mass is 1090 g/mol. The molecule has 6 N–H and O–H groups in total. The molecule has 9 heterocycles. The van der Waals surface area contributed by atoms with Gasteiger partial charge in [0.1, 0.15) is 31.6 Å². The van der Waals surface area contributed by atoms with Gasteiger partial charge in [0.25, 0.3) is 16.7 Å². The highest BCUT2D eigenvalue weighted by Crippen LogP contribution is 2.59. The molecule has 0 saturated heterocycles. The van der Waals surface area contributed by atoms with E-state index < -0.39 is 0 Å². The number of aromatic nitrogens is 12. The van der Waals surface area contributed by atoms with E-state index in [-0.39, 0.29) is 32.9 Å². The molecular formula is C59H66N12O3S3. The molecule has 5 saturated carbocycles. The molecular weight excluding hydrogens is 1020 g/mol. The van der Waals surface area contributed by atoms with Crippen LogP contribution in [0, 0.1) is 23.7 Å². The number of aryl methyl sites for hydroxylation is 6. The average Bonchev–Trinajstić information content (AvgIpc) is 4.41. The Morgan fingerprint density at radius 1 is 0.429 bits per heavy atom. The highest BCUT2D eigenvalue weighted by molar-refractivity contribution is 7.23. The van der Waals surface area contributed by atoms with Crippen molar-refractivity contribution >= 4 is 64.7 Å². The lowest BCUT2D eigenvalue weighted by molar-refractivity contribution is 0.304. The number of fused-ring (bicyclic) bond motifs is 19. The van der Waals surface area contributed by atoms with Gasteiger partial charge in [0, 0.05) is 64.6 Å². The minimum atomic E-state index is 0.00590. The van der Waals surface area contributed by atoms with E-state index in [0.29, 0.717) is 23.7 Å². The minimum absolute atomic E-state index is 0.00590. The van der Waals surface area contributed by atoms with Gasteiger partial charge in [0.2, 0.25) is 0 Å². The zero-order valence-corrected chi connectivity index (χ0v) is 46.7. The largest absolute Gasteiger partial charge is 0.309 e. The molecule has 0 spiro atoms. The van der Waals surface area contributed by atoms with Gasteiger partial charge in [0.05, 0.1) is 35.1 Å². The summed E-state index contributed by atoms with van der Waals surface area (Å²) in [4.78, 5) is 67.1. The van der Waals surface area contributed by atoms with Crippen LogP contribution in [0.3, 0.4) is 0 Å². The first-order chi connectivity index (χ1) is 37.5. The molecule has 8 aliphatic carbocycles. The van der Waals surface area contributed by atoms with Crippen molar-refractivity contribution in [2.75, 3.05) is 0 Å². The van der Waals surface area contributed by atoms with E-state index in [9.17, 15) is 14.4 Å². The predicted octanol–water partition coefficient (Wildman–Crippen LogP) is 12.0. The maximum atomic E-state index is 13.0. The van der Waals surface area contributed by atoms with Gasteiger partial charge < -0.3 is 15.0 Å². The Hall–Kier alpha value is -5.85. The number of hydrogen-bond donors (Lipinski definition) is 6. The summed E-state index contributed by atoms with van der Waals surface area (Å²) in [5.41, 5.74) is 13.8. The van der Waals surface area contributed by atoms with E-state index in [2.05, 4.69) is 66.3 Å². The molecule has 15 nitrogen and oxygen atoms in total. The summed E-state index contributed by atoms with van der Waals surface area (Å²) >= 11 is 4.75. The number of nitrogens with zero attached hydrogens (tertiary/aromatic N) is 6. The topological polar surface area (TPSA) is 223 Å². The minimum Gasteiger partial charge on any atom is -0.309 e. The Morgan fingerprint density at radius 3 is 1.10 bits per heavy atom. The molecule has 0 aromatic carbocycles. The third-order valence-electron chi connectivity index (χ3n) is 20.8. The van der Waals surface area contributed by atoms with Crippen LogP contribution in [-0.4, -0.2) is 60.5 Å². The van der Waals surface area contributed by atoms with Crippen LogP contribution in [0.2, 0.25) is 0 Å². The fourth-order valence-corrected chi connectivity index (χ4v) is 19.9. The van der Waals surface area contributed by atoms with Crippen molar-refractivity contribution in [2.24, 2.45) is 23.7 Å². The number of rotatable bonds is 3. The van der Waals surface area contributed by atoms with Crippen LogP contribution < -0.4 is 16.7 Å². The van der Waals surface area contributed by atoms with Crippen LogP contribution in [-0.2, 0) is 54.8 Å². The Balaban J connectivity index is 0.000000101. The Morgan fingerprint density at radius 2 is 0.753 bits per heavy atom. The molecule has 77 heavy (non-hydrogen) atoms. The molecule has 5 fully saturated rings. The summed E-state index contributed by atoms with van der Waals surface area (Å²) in [6.45, 7) is 6.94. The van der Waals surface area contributed by atoms with Gasteiger partial charge in [-0.05, 0) is 162 Å². The van der Waals surface area contributed by atoms with Crippen LogP contribution in [0.15, 0.2) is 33.0 Å². The third-order valence-corrected chi connectivity index (χ3v) is 24.5. The smallest absolute Gasteiger partial charge is 0.268 e. The second-order valence-electron chi connectivity index (χ2n) is 24.6. The third kappa shape index (κ3) is 7.38. The summed E-state index contributed by atoms with van der Waals surface area (Å²) in [7, 11) is 0. The Bertz CT molecular complexity index is 3790. The maximum Gasteiger partial charge on any atom is 0.268 e. The van der Waals surface area contributed by atoms with Crippen LogP contribution in [0.4, 0.5) is 0 Å². The lowest BCUT2D eigenvalue weighted by Crippen LogP contribution is -2.32. The number of thiophene rings is 3. The maximum absolute atomic E-state index is 13.0. The first-order valence-corrected chi connectivity index (χ1v) is 31.2. The Kier molecular flexibility index (Phi) is 11.3. The quantitative estimate of drug-likeness (QED) is 0.0988. The van der Waals surface area contributed by atoms with Gasteiger partial charge in [-0.1, -0.05) is 40.0 Å². The van der Waals surface area contributed by atoms with E-state index in [4.69, 9.17) is 15.0 Å². The fraction of sp³-hybridized carbons (Fsp3) is 0.542. The van der Waals surface area contributed by atoms with Crippen molar-refractivity contribution in [3.05, 3.63) is 101 Å². The molecule has 8 aliphatic rings. The van der Waals surface area contributed by atoms with Crippen molar-refractivity contribution in [1.82, 2.24) is 60.5 Å². The zero-order valence-electron chi connectivity index (χ0n) is 44.2. The number of hydrogen-bond acceptors (Lipinski definition) is 12. The SMILES string of the molecule is CC1(c2nc3c4c(sc3c(=O)[nH]2)-c2cn[nH]c2CCC4)C2CCC1CC2.CC1(c2nc3c4c(sc3c(=O)[nH]2)-c2cn[nH]c2CCC4)C2CCC1CC2.CC1(c2nc3c4c(sc3c(=O)[nH]2)-c2cn[nH]c2CCC4)CCCCC1. The van der Waals surface area contributed by atoms with Gasteiger partial charge in [-0.15, -0.1) is 34.0 Å². The van der Waals surface area contributed by atoms with Gasteiger partial charge in [0.15, 0.2) is 0 Å². The summed E-state index contributed by atoms with van der Waals surface area (Å²) in [6.07, 6.45) is 31.1. The van der Waals surface area contributed by atoms with Crippen LogP contribution in [0.5, 0.6) is 0 Å². The van der Waals surface area contributed by atoms with E-state index in [0.717, 1.165) is 135 Å². The summed E-state index contributed by atoms with van der Waals surface area (Å²) in [5.74, 6) is 5.46. The lowest BCUT2D eigenvalue weighted by Gasteiger charge is -2.32. The molecule has 0 amide bonds. The van der Waals surface area contributed by atoms with Crippen molar-refractivity contribution in [1.29, 1.82) is 0 Å². The molecule has 0 unspecified atom stereocenters. The molecule has 18 heteroatoms. The van der Waals surface area contributed by atoms with Crippen molar-refractivity contribution in [3.63, 3.8) is 0 Å². The van der Waals surface area contributed by atoms with Gasteiger partial charge in [-0.2, -0.15) is 15.3 Å². The molecule has 0 aliphatic heterocycles. The number of nitrogens with one attached hydrogen (secondary N) is 6. The molecule has 17 rings (SSSR count). The predicted molar refractivity (Wildman–Crippen MR) is 306 cm³/mol. The van der Waals surface area contributed by atoms with Gasteiger partial charge >= 0.3 is 0 Å². The first kappa shape index (κ1) is 48.3. The highest BCUT2D eigenvalue weighted by atomic mass is 32.1. The zero-order chi connectivity index (χ0) is 52.0.